The number of aryl methyl sites for hydroxylation is 2. The van der Waals surface area contributed by atoms with Gasteiger partial charge in [0.05, 0.1) is 5.69 Å². The van der Waals surface area contributed by atoms with Crippen molar-refractivity contribution in [2.75, 3.05) is 5.32 Å². The molecule has 0 radical (unpaired) electrons. The first-order valence-corrected chi connectivity index (χ1v) is 8.27. The molecule has 0 spiro atoms. The second-order valence-electron chi connectivity index (χ2n) is 5.36. The Kier molecular flexibility index (Phi) is 4.52. The number of thiazole rings is 1. The minimum atomic E-state index is -0.424. The molecule has 0 aliphatic carbocycles. The van der Waals surface area contributed by atoms with Crippen LogP contribution >= 0.6 is 11.3 Å². The standard InChI is InChI=1S/C17H16N4O2S/c1-11-8-12(2)21(17(23)18-11)9-15(22)20-16-19-14(10-24-16)13-6-4-3-5-7-13/h3-8,10H,9H2,1-2H3,(H,19,20,22). The maximum Gasteiger partial charge on any atom is 0.348 e. The molecule has 2 aromatic heterocycles. The third kappa shape index (κ3) is 3.57. The quantitative estimate of drug-likeness (QED) is 0.792. The number of nitrogens with zero attached hydrogens (tertiary/aromatic N) is 3. The van der Waals surface area contributed by atoms with Crippen LogP contribution in [0.15, 0.2) is 46.6 Å². The van der Waals surface area contributed by atoms with Gasteiger partial charge in [0.15, 0.2) is 5.13 Å². The van der Waals surface area contributed by atoms with Crippen molar-refractivity contribution in [2.24, 2.45) is 0 Å². The molecule has 122 valence electrons. The average molecular weight is 340 g/mol. The molecule has 0 saturated heterocycles. The van der Waals surface area contributed by atoms with E-state index in [1.54, 1.807) is 19.9 Å². The summed E-state index contributed by atoms with van der Waals surface area (Å²) in [6.07, 6.45) is 0. The summed E-state index contributed by atoms with van der Waals surface area (Å²) in [4.78, 5) is 32.3. The van der Waals surface area contributed by atoms with Gasteiger partial charge in [-0.25, -0.2) is 9.78 Å². The van der Waals surface area contributed by atoms with Crippen molar-refractivity contribution in [1.29, 1.82) is 0 Å². The second kappa shape index (κ2) is 6.76. The van der Waals surface area contributed by atoms with Gasteiger partial charge in [-0.05, 0) is 19.9 Å². The predicted octanol–water partition coefficient (Wildman–Crippen LogP) is 2.62. The summed E-state index contributed by atoms with van der Waals surface area (Å²) in [6.45, 7) is 3.44. The van der Waals surface area contributed by atoms with Crippen LogP contribution in [0.4, 0.5) is 5.13 Å². The molecule has 2 heterocycles. The minimum Gasteiger partial charge on any atom is -0.300 e. The van der Waals surface area contributed by atoms with Crippen molar-refractivity contribution in [3.8, 4) is 11.3 Å². The van der Waals surface area contributed by atoms with Gasteiger partial charge in [-0.3, -0.25) is 9.36 Å². The summed E-state index contributed by atoms with van der Waals surface area (Å²) in [6, 6.07) is 11.5. The van der Waals surface area contributed by atoms with Crippen LogP contribution < -0.4 is 11.0 Å². The summed E-state index contributed by atoms with van der Waals surface area (Å²) in [7, 11) is 0. The Morgan fingerprint density at radius 2 is 1.96 bits per heavy atom. The van der Waals surface area contributed by atoms with Crippen LogP contribution in [0.3, 0.4) is 0 Å². The van der Waals surface area contributed by atoms with E-state index in [2.05, 4.69) is 15.3 Å². The van der Waals surface area contributed by atoms with Gasteiger partial charge in [0.2, 0.25) is 5.91 Å². The van der Waals surface area contributed by atoms with E-state index in [0.717, 1.165) is 11.3 Å². The lowest BCUT2D eigenvalue weighted by Crippen LogP contribution is -2.31. The van der Waals surface area contributed by atoms with Gasteiger partial charge < -0.3 is 5.32 Å². The topological polar surface area (TPSA) is 76.9 Å². The molecule has 0 aliphatic rings. The normalized spacial score (nSPS) is 10.6. The Morgan fingerprint density at radius 1 is 1.21 bits per heavy atom. The summed E-state index contributed by atoms with van der Waals surface area (Å²) in [5, 5.41) is 5.12. The van der Waals surface area contributed by atoms with Gasteiger partial charge in [-0.15, -0.1) is 11.3 Å². The number of rotatable bonds is 4. The minimum absolute atomic E-state index is 0.0851. The summed E-state index contributed by atoms with van der Waals surface area (Å²) in [5.41, 5.74) is 2.71. The first-order chi connectivity index (χ1) is 11.5. The Hall–Kier alpha value is -2.80. The molecule has 0 saturated carbocycles. The molecule has 3 aromatic rings. The molecule has 0 aliphatic heterocycles. The van der Waals surface area contributed by atoms with Crippen LogP contribution in [-0.4, -0.2) is 20.4 Å². The second-order valence-corrected chi connectivity index (χ2v) is 6.22. The van der Waals surface area contributed by atoms with Gasteiger partial charge in [-0.2, -0.15) is 4.98 Å². The van der Waals surface area contributed by atoms with Crippen LogP contribution in [-0.2, 0) is 11.3 Å². The van der Waals surface area contributed by atoms with Crippen LogP contribution in [0.1, 0.15) is 11.4 Å². The number of hydrogen-bond acceptors (Lipinski definition) is 5. The Morgan fingerprint density at radius 3 is 2.67 bits per heavy atom. The fraction of sp³-hybridized carbons (Fsp3) is 0.176. The molecule has 7 heteroatoms. The molecule has 1 aromatic carbocycles. The number of carbonyl (C=O) groups excluding carboxylic acids is 1. The SMILES string of the molecule is Cc1cc(C)n(CC(=O)Nc2nc(-c3ccccc3)cs2)c(=O)n1. The van der Waals surface area contributed by atoms with Crippen molar-refractivity contribution < 1.29 is 4.79 Å². The first-order valence-electron chi connectivity index (χ1n) is 7.39. The molecule has 1 N–H and O–H groups in total. The van der Waals surface area contributed by atoms with E-state index in [1.807, 2.05) is 35.7 Å². The number of benzene rings is 1. The van der Waals surface area contributed by atoms with E-state index in [9.17, 15) is 9.59 Å². The largest absolute Gasteiger partial charge is 0.348 e. The third-order valence-corrected chi connectivity index (χ3v) is 4.23. The number of nitrogens with one attached hydrogen (secondary N) is 1. The molecular weight excluding hydrogens is 324 g/mol. The summed E-state index contributed by atoms with van der Waals surface area (Å²) >= 11 is 1.35. The zero-order valence-electron chi connectivity index (χ0n) is 13.3. The summed E-state index contributed by atoms with van der Waals surface area (Å²) < 4.78 is 1.34. The lowest BCUT2D eigenvalue weighted by molar-refractivity contribution is -0.116. The highest BCUT2D eigenvalue weighted by Crippen LogP contribution is 2.24. The van der Waals surface area contributed by atoms with Crippen molar-refractivity contribution in [2.45, 2.75) is 20.4 Å². The molecule has 24 heavy (non-hydrogen) atoms. The van der Waals surface area contributed by atoms with Gasteiger partial charge in [0, 0.05) is 22.3 Å². The van der Waals surface area contributed by atoms with Crippen molar-refractivity contribution >= 4 is 22.4 Å². The summed E-state index contributed by atoms with van der Waals surface area (Å²) in [5.74, 6) is -0.306. The Labute approximate surface area is 142 Å². The zero-order chi connectivity index (χ0) is 17.1. The molecule has 1 amide bonds. The van der Waals surface area contributed by atoms with E-state index in [4.69, 9.17) is 0 Å². The number of aromatic nitrogens is 3. The van der Waals surface area contributed by atoms with Crippen LogP contribution in [0.25, 0.3) is 11.3 Å². The third-order valence-electron chi connectivity index (χ3n) is 3.47. The zero-order valence-corrected chi connectivity index (χ0v) is 14.1. The maximum absolute atomic E-state index is 12.2. The first kappa shape index (κ1) is 16.1. The van der Waals surface area contributed by atoms with E-state index in [0.29, 0.717) is 16.5 Å². The van der Waals surface area contributed by atoms with E-state index < -0.39 is 5.69 Å². The van der Waals surface area contributed by atoms with E-state index in [1.165, 1.54) is 15.9 Å². The molecular formula is C17H16N4O2S. The molecule has 0 unspecified atom stereocenters. The Bertz CT molecular complexity index is 931. The van der Waals surface area contributed by atoms with Crippen molar-refractivity contribution in [3.63, 3.8) is 0 Å². The average Bonchev–Trinajstić information content (AvgIpc) is 3.00. The highest BCUT2D eigenvalue weighted by atomic mass is 32.1. The fourth-order valence-corrected chi connectivity index (χ4v) is 3.08. The lowest BCUT2D eigenvalue weighted by atomic mass is 10.2. The van der Waals surface area contributed by atoms with Gasteiger partial charge >= 0.3 is 5.69 Å². The number of hydrogen-bond donors (Lipinski definition) is 1. The predicted molar refractivity (Wildman–Crippen MR) is 94.2 cm³/mol. The van der Waals surface area contributed by atoms with Crippen LogP contribution in [0.2, 0.25) is 0 Å². The monoisotopic (exact) mass is 340 g/mol. The van der Waals surface area contributed by atoms with Gasteiger partial charge in [-0.1, -0.05) is 30.3 Å². The van der Waals surface area contributed by atoms with E-state index in [-0.39, 0.29) is 12.5 Å². The van der Waals surface area contributed by atoms with Crippen molar-refractivity contribution in [3.05, 3.63) is 63.7 Å². The highest BCUT2D eigenvalue weighted by molar-refractivity contribution is 7.14. The Balaban J connectivity index is 1.72. The maximum atomic E-state index is 12.2. The molecule has 0 atom stereocenters. The van der Waals surface area contributed by atoms with Gasteiger partial charge in [0.1, 0.15) is 6.54 Å². The molecule has 0 fully saturated rings. The molecule has 3 rings (SSSR count). The lowest BCUT2D eigenvalue weighted by Gasteiger charge is -2.08. The molecule has 0 bridgehead atoms. The molecule has 6 nitrogen and oxygen atoms in total. The fourth-order valence-electron chi connectivity index (χ4n) is 2.34. The van der Waals surface area contributed by atoms with Crippen molar-refractivity contribution in [1.82, 2.24) is 14.5 Å². The number of amides is 1. The number of carbonyl (C=O) groups is 1. The van der Waals surface area contributed by atoms with Crippen LogP contribution in [0.5, 0.6) is 0 Å². The van der Waals surface area contributed by atoms with Gasteiger partial charge in [0.25, 0.3) is 0 Å². The highest BCUT2D eigenvalue weighted by Gasteiger charge is 2.11. The smallest absolute Gasteiger partial charge is 0.300 e. The number of anilines is 1. The van der Waals surface area contributed by atoms with Crippen LogP contribution in [0, 0.1) is 13.8 Å². The van der Waals surface area contributed by atoms with E-state index >= 15 is 0 Å².